The molecule has 0 aliphatic rings. The van der Waals surface area contributed by atoms with Gasteiger partial charge >= 0.3 is 0 Å². The zero-order valence-corrected chi connectivity index (χ0v) is 4.09. The summed E-state index contributed by atoms with van der Waals surface area (Å²) in [6, 6.07) is 1.30. The van der Waals surface area contributed by atoms with Gasteiger partial charge in [-0.3, -0.25) is 9.78 Å². The molecule has 4 heteroatoms. The Morgan fingerprint density at radius 1 is 1.75 bits per heavy atom. The second-order valence-corrected chi connectivity index (χ2v) is 1.32. The number of rotatable bonds is 0. The van der Waals surface area contributed by atoms with Crippen molar-refractivity contribution in [3.05, 3.63) is 22.6 Å². The molecule has 0 bridgehead atoms. The van der Waals surface area contributed by atoms with Gasteiger partial charge in [-0.2, -0.15) is 0 Å². The van der Waals surface area contributed by atoms with Crippen molar-refractivity contribution < 1.29 is 0 Å². The minimum absolute atomic E-state index is 0.150. The Kier molecular flexibility index (Phi) is 0.997. The molecule has 0 aliphatic carbocycles. The number of aromatic nitrogens is 2. The molecule has 4 nitrogen and oxygen atoms in total. The van der Waals surface area contributed by atoms with Gasteiger partial charge in [0.05, 0.1) is 0 Å². The molecule has 0 radical (unpaired) electrons. The summed E-state index contributed by atoms with van der Waals surface area (Å²) in [7, 11) is 0. The topological polar surface area (TPSA) is 71.8 Å². The molecule has 1 aromatic heterocycles. The van der Waals surface area contributed by atoms with Gasteiger partial charge in [-0.25, -0.2) is 4.98 Å². The van der Waals surface area contributed by atoms with Gasteiger partial charge < -0.3 is 5.73 Å². The smallest absolute Gasteiger partial charge is 0.252 e. The highest BCUT2D eigenvalue weighted by molar-refractivity contribution is 5.11. The predicted octanol–water partition coefficient (Wildman–Crippen LogP) is -0.648. The minimum atomic E-state index is -0.225. The Hall–Kier alpha value is -1.32. The highest BCUT2D eigenvalue weighted by Gasteiger charge is 1.81. The van der Waals surface area contributed by atoms with E-state index in [0.29, 0.717) is 0 Å². The average Bonchev–Trinajstić information content (AvgIpc) is 1.64. The molecule has 0 aromatic carbocycles. The number of hydrogen-bond donors (Lipinski definition) is 2. The molecule has 1 aromatic rings. The van der Waals surface area contributed by atoms with Gasteiger partial charge in [0, 0.05) is 12.3 Å². The number of H-pyrrole nitrogens is 1. The number of nitrogens with zero attached hydrogens (tertiary/aromatic N) is 1. The first kappa shape index (κ1) is 4.83. The number of nitrogens with two attached hydrogens (primary N) is 1. The first-order valence-electron chi connectivity index (χ1n) is 2.10. The summed E-state index contributed by atoms with van der Waals surface area (Å²) in [6.45, 7) is 0. The molecule has 0 spiro atoms. The summed E-state index contributed by atoms with van der Waals surface area (Å²) in [5, 5.41) is 0. The fourth-order valence-corrected chi connectivity index (χ4v) is 0.385. The highest BCUT2D eigenvalue weighted by Crippen LogP contribution is 1.76. The van der Waals surface area contributed by atoms with Crippen LogP contribution in [0.4, 0.5) is 5.95 Å². The lowest BCUT2D eigenvalue weighted by Gasteiger charge is -1.84. The molecule has 0 unspecified atom stereocenters. The van der Waals surface area contributed by atoms with Gasteiger partial charge in [-0.1, -0.05) is 0 Å². The van der Waals surface area contributed by atoms with Crippen LogP contribution in [0, 0.1) is 0 Å². The fraction of sp³-hybridized carbons (Fsp3) is 0. The van der Waals surface area contributed by atoms with Crippen molar-refractivity contribution in [1.82, 2.24) is 9.97 Å². The van der Waals surface area contributed by atoms with E-state index in [-0.39, 0.29) is 11.5 Å². The Labute approximate surface area is 45.4 Å². The van der Waals surface area contributed by atoms with E-state index in [1.165, 1.54) is 12.3 Å². The normalized spacial score (nSPS) is 9.00. The fourth-order valence-electron chi connectivity index (χ4n) is 0.385. The lowest BCUT2D eigenvalue weighted by molar-refractivity contribution is 1.14. The summed E-state index contributed by atoms with van der Waals surface area (Å²) in [5.41, 5.74) is 4.87. The van der Waals surface area contributed by atoms with Crippen LogP contribution in [0.5, 0.6) is 0 Å². The Morgan fingerprint density at radius 2 is 2.50 bits per heavy atom. The van der Waals surface area contributed by atoms with E-state index in [4.69, 9.17) is 5.73 Å². The largest absolute Gasteiger partial charge is 0.369 e. The predicted molar refractivity (Wildman–Crippen MR) is 29.3 cm³/mol. The summed E-state index contributed by atoms with van der Waals surface area (Å²) in [5.74, 6) is 0.150. The van der Waals surface area contributed by atoms with E-state index >= 15 is 0 Å². The van der Waals surface area contributed by atoms with Crippen LogP contribution in [0.2, 0.25) is 0 Å². The van der Waals surface area contributed by atoms with E-state index in [0.717, 1.165) is 0 Å². The highest BCUT2D eigenvalue weighted by atomic mass is 16.2. The van der Waals surface area contributed by atoms with Crippen LogP contribution < -0.4 is 11.3 Å². The first-order valence-corrected chi connectivity index (χ1v) is 2.10. The molecule has 3 N–H and O–H groups in total. The molecule has 1 rings (SSSR count). The quantitative estimate of drug-likeness (QED) is 0.440. The number of hydrogen-bond acceptors (Lipinski definition) is 3. The maximum Gasteiger partial charge on any atom is 0.252 e. The van der Waals surface area contributed by atoms with Crippen molar-refractivity contribution in [1.29, 1.82) is 0 Å². The number of aromatic amines is 1. The summed E-state index contributed by atoms with van der Waals surface area (Å²) >= 11 is 0. The third kappa shape index (κ3) is 0.841. The van der Waals surface area contributed by atoms with E-state index < -0.39 is 0 Å². The lowest BCUT2D eigenvalue weighted by Crippen LogP contribution is -2.07. The Morgan fingerprint density at radius 3 is 2.88 bits per heavy atom. The van der Waals surface area contributed by atoms with Crippen molar-refractivity contribution in [2.75, 3.05) is 5.73 Å². The van der Waals surface area contributed by atoms with Gasteiger partial charge in [-0.05, 0) is 0 Å². The zero-order valence-electron chi connectivity index (χ0n) is 4.09. The van der Waals surface area contributed by atoms with Crippen molar-refractivity contribution >= 4 is 5.95 Å². The van der Waals surface area contributed by atoms with Crippen LogP contribution in [0.3, 0.4) is 0 Å². The summed E-state index contributed by atoms with van der Waals surface area (Å²) < 4.78 is 0. The maximum atomic E-state index is 10.3. The zero-order chi connectivity index (χ0) is 5.98. The second kappa shape index (κ2) is 1.65. The van der Waals surface area contributed by atoms with E-state index in [9.17, 15) is 4.79 Å². The van der Waals surface area contributed by atoms with Gasteiger partial charge in [0.2, 0.25) is 0 Å². The van der Waals surface area contributed by atoms with Crippen LogP contribution in [0.25, 0.3) is 0 Å². The Balaban J connectivity index is 3.28. The van der Waals surface area contributed by atoms with Crippen molar-refractivity contribution in [2.24, 2.45) is 0 Å². The molecule has 8 heavy (non-hydrogen) atoms. The first-order chi connectivity index (χ1) is 3.79. The standard InChI is InChI=1S/C4H5N3O/c5-4-6-2-1-3(8)7-4/h1-2H,(H3,5,6,7,8)/i5+1,6+1,7+1. The average molecular weight is 114 g/mol. The molecular formula is C4H5N3O. The van der Waals surface area contributed by atoms with E-state index in [1.807, 2.05) is 0 Å². The molecule has 1 heterocycles. The van der Waals surface area contributed by atoms with Crippen molar-refractivity contribution in [3.63, 3.8) is 0 Å². The maximum absolute atomic E-state index is 10.3. The van der Waals surface area contributed by atoms with Crippen LogP contribution in [0.15, 0.2) is 17.1 Å². The third-order valence-corrected chi connectivity index (χ3v) is 0.691. The van der Waals surface area contributed by atoms with E-state index in [1.54, 1.807) is 0 Å². The lowest BCUT2D eigenvalue weighted by atomic mass is 10.7. The molecule has 0 fully saturated rings. The summed E-state index contributed by atoms with van der Waals surface area (Å²) in [6.07, 6.45) is 1.36. The van der Waals surface area contributed by atoms with Crippen molar-refractivity contribution in [2.45, 2.75) is 0 Å². The second-order valence-electron chi connectivity index (χ2n) is 1.32. The van der Waals surface area contributed by atoms with Gasteiger partial charge in [0.1, 0.15) is 0 Å². The number of anilines is 1. The Bertz CT molecular complexity index is 229. The molecule has 0 amide bonds. The van der Waals surface area contributed by atoms with Gasteiger partial charge in [0.25, 0.3) is 5.56 Å². The molecule has 42 valence electrons. The molecule has 0 aliphatic heterocycles. The SMILES string of the molecule is [15NH2]c1[15n]ccc(=O)[15nH]1. The van der Waals surface area contributed by atoms with Crippen LogP contribution >= 0.6 is 0 Å². The minimum Gasteiger partial charge on any atom is -0.369 e. The molecular weight excluding hydrogens is 109 g/mol. The number of nitrogen functional groups attached to an aromatic ring is 1. The van der Waals surface area contributed by atoms with E-state index in [2.05, 4.69) is 9.97 Å². The third-order valence-electron chi connectivity index (χ3n) is 0.691. The molecule has 0 saturated heterocycles. The van der Waals surface area contributed by atoms with Crippen LogP contribution in [-0.4, -0.2) is 9.97 Å². The molecule has 0 saturated carbocycles. The van der Waals surface area contributed by atoms with Gasteiger partial charge in [0.15, 0.2) is 5.95 Å². The summed E-state index contributed by atoms with van der Waals surface area (Å²) in [4.78, 5) is 16.2. The van der Waals surface area contributed by atoms with Gasteiger partial charge in [-0.15, -0.1) is 0 Å². The monoisotopic (exact) mass is 114 g/mol. The van der Waals surface area contributed by atoms with Crippen molar-refractivity contribution in [3.8, 4) is 0 Å². The van der Waals surface area contributed by atoms with Crippen LogP contribution in [0.1, 0.15) is 0 Å². The molecule has 0 atom stereocenters. The number of nitrogens with one attached hydrogen (secondary N) is 1. The van der Waals surface area contributed by atoms with Crippen LogP contribution in [-0.2, 0) is 0 Å².